The Morgan fingerprint density at radius 3 is 2.52 bits per heavy atom. The summed E-state index contributed by atoms with van der Waals surface area (Å²) in [6, 6.07) is 16.9. The van der Waals surface area contributed by atoms with E-state index in [4.69, 9.17) is 4.74 Å². The molecule has 0 aliphatic rings. The summed E-state index contributed by atoms with van der Waals surface area (Å²) < 4.78 is 6.78. The monoisotopic (exact) mass is 320 g/mol. The molecular weight excluding hydrogens is 300 g/mol. The van der Waals surface area contributed by atoms with Crippen LogP contribution < -0.4 is 4.74 Å². The molecule has 0 unspecified atom stereocenters. The maximum atomic E-state index is 5.55. The summed E-state index contributed by atoms with van der Waals surface area (Å²) in [6.45, 7) is 4.89. The van der Waals surface area contributed by atoms with Gasteiger partial charge in [-0.2, -0.15) is 0 Å². The summed E-state index contributed by atoms with van der Waals surface area (Å²) in [4.78, 5) is 1.09. The van der Waals surface area contributed by atoms with E-state index in [-0.39, 0.29) is 0 Å². The molecule has 2 aromatic carbocycles. The molecule has 1 heterocycles. The molecule has 0 atom stereocenters. The molecule has 1 nitrogen and oxygen atoms in total. The Bertz CT molecular complexity index is 847. The van der Waals surface area contributed by atoms with Gasteiger partial charge in [-0.05, 0) is 60.7 Å². The third kappa shape index (κ3) is 3.94. The normalized spacial score (nSPS) is 10.3. The van der Waals surface area contributed by atoms with Crippen molar-refractivity contribution in [1.82, 2.24) is 0 Å². The second kappa shape index (κ2) is 7.35. The van der Waals surface area contributed by atoms with Crippen LogP contribution in [0.1, 0.15) is 36.3 Å². The third-order valence-corrected chi connectivity index (χ3v) is 4.64. The van der Waals surface area contributed by atoms with Crippen molar-refractivity contribution in [2.45, 2.75) is 26.7 Å². The van der Waals surface area contributed by atoms with E-state index in [0.29, 0.717) is 6.61 Å². The van der Waals surface area contributed by atoms with Crippen LogP contribution in [0.25, 0.3) is 10.1 Å². The van der Waals surface area contributed by atoms with E-state index < -0.39 is 0 Å². The molecule has 0 N–H and O–H groups in total. The summed E-state index contributed by atoms with van der Waals surface area (Å²) in [5, 5.41) is 1.22. The van der Waals surface area contributed by atoms with Crippen molar-refractivity contribution in [3.63, 3.8) is 0 Å². The number of aryl methyl sites for hydroxylation is 1. The molecule has 2 heteroatoms. The lowest BCUT2D eigenvalue weighted by molar-refractivity contribution is 0.341. The fourth-order valence-corrected chi connectivity index (χ4v) is 3.45. The van der Waals surface area contributed by atoms with Gasteiger partial charge < -0.3 is 4.74 Å². The lowest BCUT2D eigenvalue weighted by Gasteiger charge is -2.01. The fraction of sp³-hybridized carbons (Fsp3) is 0.238. The fourth-order valence-electron chi connectivity index (χ4n) is 2.51. The van der Waals surface area contributed by atoms with Gasteiger partial charge in [0.15, 0.2) is 0 Å². The first kappa shape index (κ1) is 15.6. The summed E-state index contributed by atoms with van der Waals surface area (Å²) >= 11 is 1.71. The van der Waals surface area contributed by atoms with E-state index in [1.165, 1.54) is 22.1 Å². The van der Waals surface area contributed by atoms with Crippen molar-refractivity contribution >= 4 is 21.4 Å². The third-order valence-electron chi connectivity index (χ3n) is 3.63. The molecule has 0 spiro atoms. The SMILES string of the molecule is CCCc1ccc(C#Cc2cc3ccc(OCC)cc3s2)cc1. The van der Waals surface area contributed by atoms with Crippen molar-refractivity contribution in [1.29, 1.82) is 0 Å². The van der Waals surface area contributed by atoms with Gasteiger partial charge in [0.1, 0.15) is 5.75 Å². The number of fused-ring (bicyclic) bond motifs is 1. The van der Waals surface area contributed by atoms with Gasteiger partial charge in [0.05, 0.1) is 11.5 Å². The number of hydrogen-bond donors (Lipinski definition) is 0. The number of hydrogen-bond acceptors (Lipinski definition) is 2. The van der Waals surface area contributed by atoms with Gasteiger partial charge in [-0.3, -0.25) is 0 Å². The van der Waals surface area contributed by atoms with Crippen LogP contribution in [0, 0.1) is 11.8 Å². The second-order valence-electron chi connectivity index (χ2n) is 5.44. The van der Waals surface area contributed by atoms with Crippen molar-refractivity contribution in [2.75, 3.05) is 6.61 Å². The number of thiophene rings is 1. The first-order chi connectivity index (χ1) is 11.3. The number of benzene rings is 2. The van der Waals surface area contributed by atoms with Crippen molar-refractivity contribution in [3.8, 4) is 17.6 Å². The van der Waals surface area contributed by atoms with Gasteiger partial charge in [0, 0.05) is 10.3 Å². The minimum absolute atomic E-state index is 0.692. The maximum absolute atomic E-state index is 5.55. The molecule has 0 bridgehead atoms. The molecule has 0 fully saturated rings. The Kier molecular flexibility index (Phi) is 5.00. The van der Waals surface area contributed by atoms with Gasteiger partial charge in [0.2, 0.25) is 0 Å². The molecule has 1 aromatic heterocycles. The molecule has 3 rings (SSSR count). The van der Waals surface area contributed by atoms with Crippen LogP contribution in [0.15, 0.2) is 48.5 Å². The highest BCUT2D eigenvalue weighted by atomic mass is 32.1. The molecule has 0 saturated carbocycles. The molecule has 116 valence electrons. The Balaban J connectivity index is 1.81. The molecule has 0 amide bonds. The molecule has 0 aliphatic heterocycles. The average Bonchev–Trinajstić information content (AvgIpc) is 2.97. The largest absolute Gasteiger partial charge is 0.494 e. The number of ether oxygens (including phenoxy) is 1. The quantitative estimate of drug-likeness (QED) is 0.564. The van der Waals surface area contributed by atoms with Crippen LogP contribution in [-0.2, 0) is 6.42 Å². The number of rotatable bonds is 4. The second-order valence-corrected chi connectivity index (χ2v) is 6.52. The average molecular weight is 320 g/mol. The Morgan fingerprint density at radius 2 is 1.78 bits per heavy atom. The zero-order chi connectivity index (χ0) is 16.1. The molecule has 23 heavy (non-hydrogen) atoms. The van der Waals surface area contributed by atoms with E-state index in [2.05, 4.69) is 61.2 Å². The summed E-state index contributed by atoms with van der Waals surface area (Å²) in [5.41, 5.74) is 2.45. The molecular formula is C21H20OS. The Hall–Kier alpha value is -2.24. The van der Waals surface area contributed by atoms with Crippen LogP contribution >= 0.6 is 11.3 Å². The highest BCUT2D eigenvalue weighted by molar-refractivity contribution is 7.19. The summed E-state index contributed by atoms with van der Waals surface area (Å²) in [5.74, 6) is 7.47. The molecule has 0 radical (unpaired) electrons. The van der Waals surface area contributed by atoms with Crippen molar-refractivity contribution in [2.24, 2.45) is 0 Å². The van der Waals surface area contributed by atoms with Gasteiger partial charge in [-0.1, -0.05) is 37.3 Å². The zero-order valence-electron chi connectivity index (χ0n) is 13.6. The van der Waals surface area contributed by atoms with Gasteiger partial charge in [0.25, 0.3) is 0 Å². The zero-order valence-corrected chi connectivity index (χ0v) is 14.4. The van der Waals surface area contributed by atoms with Gasteiger partial charge >= 0.3 is 0 Å². The predicted octanol–water partition coefficient (Wildman–Crippen LogP) is 5.65. The molecule has 3 aromatic rings. The Labute approximate surface area is 141 Å². The van der Waals surface area contributed by atoms with Crippen LogP contribution in [0.3, 0.4) is 0 Å². The van der Waals surface area contributed by atoms with Crippen LogP contribution in [0.4, 0.5) is 0 Å². The Morgan fingerprint density at radius 1 is 0.957 bits per heavy atom. The van der Waals surface area contributed by atoms with Crippen LogP contribution in [-0.4, -0.2) is 6.61 Å². The van der Waals surface area contributed by atoms with Crippen molar-refractivity contribution in [3.05, 3.63) is 64.5 Å². The summed E-state index contributed by atoms with van der Waals surface area (Å²) in [6.07, 6.45) is 2.31. The van der Waals surface area contributed by atoms with E-state index in [0.717, 1.165) is 22.6 Å². The van der Waals surface area contributed by atoms with Gasteiger partial charge in [-0.15, -0.1) is 11.3 Å². The lowest BCUT2D eigenvalue weighted by atomic mass is 10.1. The highest BCUT2D eigenvalue weighted by Gasteiger charge is 2.02. The topological polar surface area (TPSA) is 9.23 Å². The minimum Gasteiger partial charge on any atom is -0.494 e. The standard InChI is InChI=1S/C21H20OS/c1-3-5-16-6-8-17(9-7-16)10-13-20-14-18-11-12-19(22-4-2)15-21(18)23-20/h6-9,11-12,14-15H,3-5H2,1-2H3. The highest BCUT2D eigenvalue weighted by Crippen LogP contribution is 2.28. The van der Waals surface area contributed by atoms with Crippen LogP contribution in [0.5, 0.6) is 5.75 Å². The van der Waals surface area contributed by atoms with E-state index in [1.807, 2.05) is 13.0 Å². The smallest absolute Gasteiger partial charge is 0.120 e. The van der Waals surface area contributed by atoms with Gasteiger partial charge in [-0.25, -0.2) is 0 Å². The van der Waals surface area contributed by atoms with Crippen molar-refractivity contribution < 1.29 is 4.74 Å². The summed E-state index contributed by atoms with van der Waals surface area (Å²) in [7, 11) is 0. The van der Waals surface area contributed by atoms with Crippen LogP contribution in [0.2, 0.25) is 0 Å². The maximum Gasteiger partial charge on any atom is 0.120 e. The molecule has 0 aliphatic carbocycles. The predicted molar refractivity (Wildman–Crippen MR) is 99.4 cm³/mol. The lowest BCUT2D eigenvalue weighted by Crippen LogP contribution is -1.89. The minimum atomic E-state index is 0.692. The molecule has 0 saturated heterocycles. The van der Waals surface area contributed by atoms with E-state index in [9.17, 15) is 0 Å². The van der Waals surface area contributed by atoms with E-state index >= 15 is 0 Å². The van der Waals surface area contributed by atoms with E-state index in [1.54, 1.807) is 11.3 Å². The first-order valence-corrected chi connectivity index (χ1v) is 8.87. The first-order valence-electron chi connectivity index (χ1n) is 8.06.